The highest BCUT2D eigenvalue weighted by Crippen LogP contribution is 2.41. The molecule has 1 atom stereocenters. The molecule has 5 aromatic carbocycles. The van der Waals surface area contributed by atoms with Gasteiger partial charge in [0.15, 0.2) is 0 Å². The second-order valence-electron chi connectivity index (χ2n) is 10.4. The van der Waals surface area contributed by atoms with Gasteiger partial charge in [-0.3, -0.25) is 0 Å². The van der Waals surface area contributed by atoms with E-state index in [0.717, 1.165) is 6.42 Å². The third-order valence-corrected chi connectivity index (χ3v) is 8.19. The summed E-state index contributed by atoms with van der Waals surface area (Å²) in [6.45, 7) is 4.63. The lowest BCUT2D eigenvalue weighted by molar-refractivity contribution is 0.471. The summed E-state index contributed by atoms with van der Waals surface area (Å²) < 4.78 is 5.03. The molecule has 186 valence electrons. The van der Waals surface area contributed by atoms with Crippen LogP contribution >= 0.6 is 0 Å². The zero-order valence-corrected chi connectivity index (χ0v) is 22.1. The Hall–Kier alpha value is -4.30. The SMILES string of the molecule is CCCC(CC)n1c2ccccc2c2cccc(-c3ccc4c(c3)c3ccccc3n4-c3ccccc3)c21. The van der Waals surface area contributed by atoms with E-state index in [9.17, 15) is 0 Å². The maximum absolute atomic E-state index is 2.64. The monoisotopic (exact) mass is 492 g/mol. The van der Waals surface area contributed by atoms with Crippen molar-refractivity contribution in [3.05, 3.63) is 115 Å². The van der Waals surface area contributed by atoms with Crippen molar-refractivity contribution in [1.82, 2.24) is 9.13 Å². The molecule has 0 aliphatic rings. The van der Waals surface area contributed by atoms with Crippen LogP contribution in [0.1, 0.15) is 39.2 Å². The highest BCUT2D eigenvalue weighted by atomic mass is 15.0. The molecule has 0 saturated carbocycles. The third-order valence-electron chi connectivity index (χ3n) is 8.19. The van der Waals surface area contributed by atoms with E-state index in [1.165, 1.54) is 73.3 Å². The minimum absolute atomic E-state index is 0.479. The maximum atomic E-state index is 2.64. The summed E-state index contributed by atoms with van der Waals surface area (Å²) in [5.74, 6) is 0. The van der Waals surface area contributed by atoms with Gasteiger partial charge in [-0.25, -0.2) is 0 Å². The van der Waals surface area contributed by atoms with E-state index in [-0.39, 0.29) is 0 Å². The first-order valence-electron chi connectivity index (χ1n) is 13.9. The first kappa shape index (κ1) is 22.9. The van der Waals surface area contributed by atoms with Gasteiger partial charge in [-0.05, 0) is 54.8 Å². The summed E-state index contributed by atoms with van der Waals surface area (Å²) in [7, 11) is 0. The van der Waals surface area contributed by atoms with E-state index < -0.39 is 0 Å². The summed E-state index contributed by atoms with van der Waals surface area (Å²) in [4.78, 5) is 0. The van der Waals surface area contributed by atoms with Crippen molar-refractivity contribution >= 4 is 43.6 Å². The highest BCUT2D eigenvalue weighted by Gasteiger charge is 2.20. The number of para-hydroxylation sites is 4. The summed E-state index contributed by atoms with van der Waals surface area (Å²) in [6.07, 6.45) is 3.49. The van der Waals surface area contributed by atoms with E-state index in [1.54, 1.807) is 0 Å². The summed E-state index contributed by atoms with van der Waals surface area (Å²) in [5, 5.41) is 5.28. The van der Waals surface area contributed by atoms with E-state index in [2.05, 4.69) is 138 Å². The zero-order chi connectivity index (χ0) is 25.6. The molecule has 0 radical (unpaired) electrons. The smallest absolute Gasteiger partial charge is 0.0573 e. The van der Waals surface area contributed by atoms with Crippen molar-refractivity contribution in [2.75, 3.05) is 0 Å². The van der Waals surface area contributed by atoms with Crippen LogP contribution in [-0.2, 0) is 0 Å². The molecule has 0 amide bonds. The Morgan fingerprint density at radius 1 is 0.579 bits per heavy atom. The van der Waals surface area contributed by atoms with Gasteiger partial charge in [0.2, 0.25) is 0 Å². The number of fused-ring (bicyclic) bond motifs is 6. The quantitative estimate of drug-likeness (QED) is 0.218. The molecule has 38 heavy (non-hydrogen) atoms. The second kappa shape index (κ2) is 9.22. The molecular weight excluding hydrogens is 460 g/mol. The van der Waals surface area contributed by atoms with Crippen molar-refractivity contribution in [2.45, 2.75) is 39.2 Å². The molecule has 0 saturated heterocycles. The number of aromatic nitrogens is 2. The fourth-order valence-electron chi connectivity index (χ4n) is 6.51. The standard InChI is InChI=1S/C36H32N2/c1-3-13-26(4-2)38-34-21-11-8-16-29(34)31-19-12-18-28(36(31)38)25-22-23-35-32(24-25)30-17-9-10-20-33(30)37(35)27-14-6-5-7-15-27/h5-12,14-24,26H,3-4,13H2,1-2H3. The number of rotatable bonds is 6. The van der Waals surface area contributed by atoms with Crippen molar-refractivity contribution in [2.24, 2.45) is 0 Å². The molecule has 0 aliphatic heterocycles. The Morgan fingerprint density at radius 3 is 2.00 bits per heavy atom. The van der Waals surface area contributed by atoms with Crippen molar-refractivity contribution in [1.29, 1.82) is 0 Å². The van der Waals surface area contributed by atoms with E-state index in [1.807, 2.05) is 0 Å². The highest BCUT2D eigenvalue weighted by molar-refractivity contribution is 6.15. The number of hydrogen-bond donors (Lipinski definition) is 0. The summed E-state index contributed by atoms with van der Waals surface area (Å²) in [6, 6.07) is 42.8. The Labute approximate surface area is 223 Å². The van der Waals surface area contributed by atoms with Crippen LogP contribution < -0.4 is 0 Å². The first-order chi connectivity index (χ1) is 18.8. The van der Waals surface area contributed by atoms with Crippen molar-refractivity contribution in [3.8, 4) is 16.8 Å². The van der Waals surface area contributed by atoms with Gasteiger partial charge in [0.05, 0.1) is 16.6 Å². The van der Waals surface area contributed by atoms with Crippen LogP contribution in [0.15, 0.2) is 115 Å². The number of hydrogen-bond acceptors (Lipinski definition) is 0. The number of nitrogens with zero attached hydrogens (tertiary/aromatic N) is 2. The van der Waals surface area contributed by atoms with Crippen molar-refractivity contribution < 1.29 is 0 Å². The molecule has 2 heterocycles. The van der Waals surface area contributed by atoms with E-state index >= 15 is 0 Å². The fourth-order valence-corrected chi connectivity index (χ4v) is 6.51. The minimum atomic E-state index is 0.479. The van der Waals surface area contributed by atoms with Gasteiger partial charge in [0.25, 0.3) is 0 Å². The Balaban J connectivity index is 1.54. The molecule has 0 aliphatic carbocycles. The van der Waals surface area contributed by atoms with Gasteiger partial charge >= 0.3 is 0 Å². The van der Waals surface area contributed by atoms with Gasteiger partial charge in [-0.15, -0.1) is 0 Å². The van der Waals surface area contributed by atoms with Gasteiger partial charge in [-0.2, -0.15) is 0 Å². The Kier molecular flexibility index (Phi) is 5.55. The lowest BCUT2D eigenvalue weighted by atomic mass is 9.99. The van der Waals surface area contributed by atoms with E-state index in [0.29, 0.717) is 6.04 Å². The fraction of sp³-hybridized carbons (Fsp3) is 0.167. The van der Waals surface area contributed by atoms with Crippen LogP contribution in [0.5, 0.6) is 0 Å². The van der Waals surface area contributed by atoms with Crippen LogP contribution in [0, 0.1) is 0 Å². The average Bonchev–Trinajstić information content (AvgIpc) is 3.49. The van der Waals surface area contributed by atoms with Crippen LogP contribution in [0.3, 0.4) is 0 Å². The van der Waals surface area contributed by atoms with Gasteiger partial charge in [0, 0.05) is 44.4 Å². The molecule has 2 nitrogen and oxygen atoms in total. The predicted molar refractivity (Wildman–Crippen MR) is 163 cm³/mol. The zero-order valence-electron chi connectivity index (χ0n) is 22.1. The predicted octanol–water partition coefficient (Wildman–Crippen LogP) is 10.3. The number of benzene rings is 5. The molecule has 2 aromatic heterocycles. The molecule has 0 spiro atoms. The normalized spacial score (nSPS) is 12.7. The topological polar surface area (TPSA) is 9.86 Å². The molecule has 0 fully saturated rings. The summed E-state index contributed by atoms with van der Waals surface area (Å²) in [5.41, 5.74) is 8.97. The molecular formula is C36H32N2. The molecule has 2 heteroatoms. The van der Waals surface area contributed by atoms with Crippen LogP contribution in [0.4, 0.5) is 0 Å². The van der Waals surface area contributed by atoms with Gasteiger partial charge in [0.1, 0.15) is 0 Å². The van der Waals surface area contributed by atoms with Crippen molar-refractivity contribution in [3.63, 3.8) is 0 Å². The van der Waals surface area contributed by atoms with Crippen LogP contribution in [0.25, 0.3) is 60.4 Å². The van der Waals surface area contributed by atoms with Crippen LogP contribution in [0.2, 0.25) is 0 Å². The molecule has 7 aromatic rings. The first-order valence-corrected chi connectivity index (χ1v) is 13.9. The minimum Gasteiger partial charge on any atom is -0.337 e. The lowest BCUT2D eigenvalue weighted by Gasteiger charge is -2.21. The van der Waals surface area contributed by atoms with Crippen LogP contribution in [-0.4, -0.2) is 9.13 Å². The largest absolute Gasteiger partial charge is 0.337 e. The Bertz CT molecular complexity index is 1920. The Morgan fingerprint density at radius 2 is 1.24 bits per heavy atom. The van der Waals surface area contributed by atoms with E-state index in [4.69, 9.17) is 0 Å². The molecule has 0 bridgehead atoms. The molecule has 0 N–H and O–H groups in total. The maximum Gasteiger partial charge on any atom is 0.0573 e. The second-order valence-corrected chi connectivity index (χ2v) is 10.4. The third kappa shape index (κ3) is 3.40. The molecule has 7 rings (SSSR count). The summed E-state index contributed by atoms with van der Waals surface area (Å²) >= 11 is 0. The lowest BCUT2D eigenvalue weighted by Crippen LogP contribution is -2.08. The van der Waals surface area contributed by atoms with Gasteiger partial charge < -0.3 is 9.13 Å². The molecule has 1 unspecified atom stereocenters. The van der Waals surface area contributed by atoms with Gasteiger partial charge in [-0.1, -0.05) is 99.1 Å². The average molecular weight is 493 g/mol.